The van der Waals surface area contributed by atoms with Crippen LogP contribution < -0.4 is 11.1 Å². The Balaban J connectivity index is 1.83. The van der Waals surface area contributed by atoms with Crippen LogP contribution in [0.5, 0.6) is 0 Å². The average molecular weight is 263 g/mol. The topological polar surface area (TPSA) is 76.7 Å². The van der Waals surface area contributed by atoms with Gasteiger partial charge in [-0.25, -0.2) is 15.0 Å². The van der Waals surface area contributed by atoms with Crippen molar-refractivity contribution in [3.8, 4) is 0 Å². The van der Waals surface area contributed by atoms with E-state index >= 15 is 0 Å². The van der Waals surface area contributed by atoms with Gasteiger partial charge < -0.3 is 11.1 Å². The Morgan fingerprint density at radius 1 is 1.29 bits per heavy atom. The summed E-state index contributed by atoms with van der Waals surface area (Å²) in [5.41, 5.74) is 6.50. The third-order valence-corrected chi connectivity index (χ3v) is 3.81. The van der Waals surface area contributed by atoms with Crippen LogP contribution in [0.3, 0.4) is 0 Å². The second-order valence-corrected chi connectivity index (χ2v) is 5.18. The van der Waals surface area contributed by atoms with Crippen molar-refractivity contribution in [3.63, 3.8) is 0 Å². The Hall–Kier alpha value is -1.73. The van der Waals surface area contributed by atoms with Gasteiger partial charge in [-0.2, -0.15) is 0 Å². The predicted octanol–water partition coefficient (Wildman–Crippen LogP) is 2.34. The number of nitrogen functional groups attached to an aromatic ring is 1. The van der Waals surface area contributed by atoms with Crippen molar-refractivity contribution in [1.82, 2.24) is 15.0 Å². The smallest absolute Gasteiger partial charge is 0.180 e. The number of thiazole rings is 1. The molecular weight excluding hydrogens is 254 g/mol. The number of rotatable bonds is 3. The molecule has 3 rings (SSSR count). The molecule has 17 heavy (non-hydrogen) atoms. The van der Waals surface area contributed by atoms with Gasteiger partial charge in [0.1, 0.15) is 17.0 Å². The molecule has 3 aromatic rings. The van der Waals surface area contributed by atoms with Crippen molar-refractivity contribution in [3.05, 3.63) is 28.8 Å². The lowest BCUT2D eigenvalue weighted by Crippen LogP contribution is -2.02. The zero-order chi connectivity index (χ0) is 11.7. The summed E-state index contributed by atoms with van der Waals surface area (Å²) in [4.78, 5) is 13.6. The summed E-state index contributed by atoms with van der Waals surface area (Å²) in [6.45, 7) is 0.621. The van der Waals surface area contributed by atoms with Crippen LogP contribution in [0.15, 0.2) is 23.2 Å². The normalized spacial score (nSPS) is 10.8. The molecule has 0 spiro atoms. The Morgan fingerprint density at radius 2 is 2.24 bits per heavy atom. The van der Waals surface area contributed by atoms with E-state index in [-0.39, 0.29) is 0 Å². The van der Waals surface area contributed by atoms with Crippen molar-refractivity contribution in [2.45, 2.75) is 6.54 Å². The highest BCUT2D eigenvalue weighted by atomic mass is 32.1. The minimum atomic E-state index is 0.588. The Kier molecular flexibility index (Phi) is 2.62. The van der Waals surface area contributed by atoms with Crippen molar-refractivity contribution >= 4 is 43.8 Å². The fourth-order valence-corrected chi connectivity index (χ4v) is 2.80. The first-order chi connectivity index (χ1) is 8.33. The van der Waals surface area contributed by atoms with Crippen LogP contribution in [0.1, 0.15) is 5.69 Å². The largest absolute Gasteiger partial charge is 0.375 e. The summed E-state index contributed by atoms with van der Waals surface area (Å²) in [5, 5.41) is 8.82. The summed E-state index contributed by atoms with van der Waals surface area (Å²) >= 11 is 3.04. The molecular formula is C10H9N5S2. The average Bonchev–Trinajstić information content (AvgIpc) is 2.94. The quantitative estimate of drug-likeness (QED) is 0.758. The Labute approximate surface area is 105 Å². The molecule has 0 unspecified atom stereocenters. The van der Waals surface area contributed by atoms with Gasteiger partial charge in [-0.3, -0.25) is 0 Å². The molecule has 0 radical (unpaired) electrons. The van der Waals surface area contributed by atoms with Crippen molar-refractivity contribution in [2.75, 3.05) is 11.1 Å². The highest BCUT2D eigenvalue weighted by Gasteiger charge is 2.05. The van der Waals surface area contributed by atoms with Gasteiger partial charge in [0.05, 0.1) is 17.6 Å². The van der Waals surface area contributed by atoms with Crippen LogP contribution in [0, 0.1) is 0 Å². The van der Waals surface area contributed by atoms with Gasteiger partial charge in [-0.1, -0.05) is 0 Å². The molecule has 0 saturated heterocycles. The van der Waals surface area contributed by atoms with E-state index in [1.54, 1.807) is 17.7 Å². The Morgan fingerprint density at radius 3 is 3.06 bits per heavy atom. The van der Waals surface area contributed by atoms with Crippen LogP contribution in [0.4, 0.5) is 10.9 Å². The Bertz CT molecular complexity index is 645. The molecule has 0 atom stereocenters. The lowest BCUT2D eigenvalue weighted by atomic mass is 10.3. The summed E-state index contributed by atoms with van der Waals surface area (Å²) in [5.74, 6) is 0.836. The van der Waals surface area contributed by atoms with Crippen molar-refractivity contribution < 1.29 is 0 Å². The number of aromatic nitrogens is 3. The third-order valence-electron chi connectivity index (χ3n) is 2.27. The van der Waals surface area contributed by atoms with Crippen LogP contribution in [-0.4, -0.2) is 15.0 Å². The number of nitrogens with two attached hydrogens (primary N) is 1. The summed E-state index contributed by atoms with van der Waals surface area (Å²) < 4.78 is 0. The second kappa shape index (κ2) is 4.27. The zero-order valence-corrected chi connectivity index (χ0v) is 10.4. The molecule has 0 fully saturated rings. The highest BCUT2D eigenvalue weighted by molar-refractivity contribution is 7.16. The lowest BCUT2D eigenvalue weighted by molar-refractivity contribution is 1.05. The number of nitrogens with zero attached hydrogens (tertiary/aromatic N) is 3. The second-order valence-electron chi connectivity index (χ2n) is 3.39. The van der Waals surface area contributed by atoms with E-state index in [0.29, 0.717) is 11.7 Å². The standard InChI is InChI=1S/C10H9N5S2/c11-10-15-6(4-17-10)3-12-8-7-1-2-16-9(7)14-5-13-8/h1-2,4-5H,3H2,(H2,11,15)(H,12,13,14). The first kappa shape index (κ1) is 10.4. The maximum Gasteiger partial charge on any atom is 0.180 e. The molecule has 5 nitrogen and oxygen atoms in total. The molecule has 86 valence electrons. The molecule has 0 aromatic carbocycles. The molecule has 0 bridgehead atoms. The molecule has 0 aliphatic rings. The first-order valence-electron chi connectivity index (χ1n) is 4.95. The number of hydrogen-bond acceptors (Lipinski definition) is 7. The summed E-state index contributed by atoms with van der Waals surface area (Å²) in [6.07, 6.45) is 1.57. The van der Waals surface area contributed by atoms with Crippen LogP contribution in [-0.2, 0) is 6.54 Å². The number of anilines is 2. The lowest BCUT2D eigenvalue weighted by Gasteiger charge is -2.03. The number of fused-ring (bicyclic) bond motifs is 1. The van der Waals surface area contributed by atoms with Gasteiger partial charge in [0.15, 0.2) is 5.13 Å². The number of hydrogen-bond donors (Lipinski definition) is 2. The zero-order valence-electron chi connectivity index (χ0n) is 8.75. The fraction of sp³-hybridized carbons (Fsp3) is 0.100. The minimum absolute atomic E-state index is 0.588. The van der Waals surface area contributed by atoms with Crippen LogP contribution >= 0.6 is 22.7 Å². The van der Waals surface area contributed by atoms with Crippen molar-refractivity contribution in [1.29, 1.82) is 0 Å². The predicted molar refractivity (Wildman–Crippen MR) is 71.3 cm³/mol. The highest BCUT2D eigenvalue weighted by Crippen LogP contribution is 2.24. The van der Waals surface area contributed by atoms with Gasteiger partial charge >= 0.3 is 0 Å². The molecule has 7 heteroatoms. The van der Waals surface area contributed by atoms with E-state index in [0.717, 1.165) is 21.7 Å². The molecule has 0 saturated carbocycles. The first-order valence-corrected chi connectivity index (χ1v) is 6.71. The van der Waals surface area contributed by atoms with Gasteiger partial charge in [-0.05, 0) is 11.4 Å². The number of thiophene rings is 1. The SMILES string of the molecule is Nc1nc(CNc2ncnc3sccc23)cs1. The van der Waals surface area contributed by atoms with Gasteiger partial charge in [0, 0.05) is 5.38 Å². The van der Waals surface area contributed by atoms with Crippen LogP contribution in [0.2, 0.25) is 0 Å². The molecule has 0 amide bonds. The molecule has 3 N–H and O–H groups in total. The van der Waals surface area contributed by atoms with E-state index in [9.17, 15) is 0 Å². The fourth-order valence-electron chi connectivity index (χ4n) is 1.51. The van der Waals surface area contributed by atoms with Gasteiger partial charge in [-0.15, -0.1) is 22.7 Å². The number of nitrogens with one attached hydrogen (secondary N) is 1. The summed E-state index contributed by atoms with van der Waals surface area (Å²) in [6, 6.07) is 2.01. The monoisotopic (exact) mass is 263 g/mol. The van der Waals surface area contributed by atoms with Gasteiger partial charge in [0.2, 0.25) is 0 Å². The van der Waals surface area contributed by atoms with E-state index < -0.39 is 0 Å². The minimum Gasteiger partial charge on any atom is -0.375 e. The van der Waals surface area contributed by atoms with E-state index in [2.05, 4.69) is 20.3 Å². The van der Waals surface area contributed by atoms with E-state index in [1.165, 1.54) is 11.3 Å². The van der Waals surface area contributed by atoms with E-state index in [1.807, 2.05) is 16.8 Å². The van der Waals surface area contributed by atoms with Crippen LogP contribution in [0.25, 0.3) is 10.2 Å². The molecule has 3 heterocycles. The molecule has 0 aliphatic heterocycles. The van der Waals surface area contributed by atoms with Gasteiger partial charge in [0.25, 0.3) is 0 Å². The maximum absolute atomic E-state index is 5.58. The van der Waals surface area contributed by atoms with E-state index in [4.69, 9.17) is 5.73 Å². The van der Waals surface area contributed by atoms with Crippen molar-refractivity contribution in [2.24, 2.45) is 0 Å². The third kappa shape index (κ3) is 2.06. The molecule has 0 aliphatic carbocycles. The molecule has 3 aromatic heterocycles. The maximum atomic E-state index is 5.58. The summed E-state index contributed by atoms with van der Waals surface area (Å²) in [7, 11) is 0.